The van der Waals surface area contributed by atoms with Crippen LogP contribution in [0, 0.1) is 13.8 Å². The van der Waals surface area contributed by atoms with E-state index in [-0.39, 0.29) is 0 Å². The second kappa shape index (κ2) is 5.81. The average molecular weight is 277 g/mol. The van der Waals surface area contributed by atoms with Gasteiger partial charge in [-0.1, -0.05) is 23.7 Å². The SMILES string of the molecule is Cc1cc(CN[C@H](C)c2cccc(Cl)c2)c(C)n1C. The molecule has 102 valence electrons. The van der Waals surface area contributed by atoms with Crippen molar-refractivity contribution in [3.05, 3.63) is 57.9 Å². The first-order valence-electron chi connectivity index (χ1n) is 6.59. The molecule has 0 spiro atoms. The van der Waals surface area contributed by atoms with Gasteiger partial charge in [0, 0.05) is 36.0 Å². The van der Waals surface area contributed by atoms with E-state index < -0.39 is 0 Å². The number of aryl methyl sites for hydroxylation is 1. The number of benzene rings is 1. The summed E-state index contributed by atoms with van der Waals surface area (Å²) in [4.78, 5) is 0. The summed E-state index contributed by atoms with van der Waals surface area (Å²) >= 11 is 6.02. The molecule has 2 nitrogen and oxygen atoms in total. The number of nitrogens with zero attached hydrogens (tertiary/aromatic N) is 1. The molecule has 0 radical (unpaired) electrons. The maximum absolute atomic E-state index is 6.02. The van der Waals surface area contributed by atoms with Gasteiger partial charge >= 0.3 is 0 Å². The maximum Gasteiger partial charge on any atom is 0.0409 e. The summed E-state index contributed by atoms with van der Waals surface area (Å²) in [5, 5.41) is 4.34. The van der Waals surface area contributed by atoms with Crippen molar-refractivity contribution in [2.24, 2.45) is 7.05 Å². The van der Waals surface area contributed by atoms with Crippen LogP contribution in [0.25, 0.3) is 0 Å². The maximum atomic E-state index is 6.02. The smallest absolute Gasteiger partial charge is 0.0409 e. The van der Waals surface area contributed by atoms with Gasteiger partial charge < -0.3 is 9.88 Å². The third-order valence-corrected chi connectivity index (χ3v) is 4.06. The minimum absolute atomic E-state index is 0.290. The highest BCUT2D eigenvalue weighted by atomic mass is 35.5. The fraction of sp³-hybridized carbons (Fsp3) is 0.375. The topological polar surface area (TPSA) is 17.0 Å². The van der Waals surface area contributed by atoms with E-state index in [1.807, 2.05) is 18.2 Å². The molecule has 0 fully saturated rings. The molecule has 3 heteroatoms. The van der Waals surface area contributed by atoms with Gasteiger partial charge in [-0.2, -0.15) is 0 Å². The zero-order chi connectivity index (χ0) is 14.0. The van der Waals surface area contributed by atoms with Crippen LogP contribution in [0.4, 0.5) is 0 Å². The van der Waals surface area contributed by atoms with Crippen LogP contribution < -0.4 is 5.32 Å². The van der Waals surface area contributed by atoms with Crippen molar-refractivity contribution < 1.29 is 0 Å². The van der Waals surface area contributed by atoms with Gasteiger partial charge in [0.2, 0.25) is 0 Å². The predicted molar refractivity (Wildman–Crippen MR) is 81.6 cm³/mol. The largest absolute Gasteiger partial charge is 0.352 e. The van der Waals surface area contributed by atoms with Crippen LogP contribution in [0.2, 0.25) is 5.02 Å². The summed E-state index contributed by atoms with van der Waals surface area (Å²) in [7, 11) is 2.11. The summed E-state index contributed by atoms with van der Waals surface area (Å²) in [5.74, 6) is 0. The molecule has 2 aromatic rings. The molecule has 1 N–H and O–H groups in total. The van der Waals surface area contributed by atoms with Crippen LogP contribution >= 0.6 is 11.6 Å². The van der Waals surface area contributed by atoms with Crippen LogP contribution in [-0.4, -0.2) is 4.57 Å². The van der Waals surface area contributed by atoms with Crippen molar-refractivity contribution in [1.82, 2.24) is 9.88 Å². The molecular formula is C16H21ClN2. The Morgan fingerprint density at radius 3 is 2.58 bits per heavy atom. The lowest BCUT2D eigenvalue weighted by Gasteiger charge is -2.14. The number of hydrogen-bond donors (Lipinski definition) is 1. The molecule has 1 aromatic carbocycles. The van der Waals surface area contributed by atoms with Gasteiger partial charge in [0.1, 0.15) is 0 Å². The predicted octanol–water partition coefficient (Wildman–Crippen LogP) is 4.15. The molecule has 0 aliphatic carbocycles. The highest BCUT2D eigenvalue weighted by Gasteiger charge is 2.09. The van der Waals surface area contributed by atoms with Gasteiger partial charge in [-0.15, -0.1) is 0 Å². The average Bonchev–Trinajstić information content (AvgIpc) is 2.63. The molecule has 1 heterocycles. The molecule has 0 aliphatic rings. The van der Waals surface area contributed by atoms with Gasteiger partial charge in [-0.05, 0) is 50.1 Å². The van der Waals surface area contributed by atoms with Crippen molar-refractivity contribution in [3.8, 4) is 0 Å². The number of aromatic nitrogens is 1. The standard InChI is InChI=1S/C16H21ClN2/c1-11-8-15(13(3)19(11)4)10-18-12(2)14-6-5-7-16(17)9-14/h5-9,12,18H,10H2,1-4H3/t12-/m1/s1. The van der Waals surface area contributed by atoms with Crippen molar-refractivity contribution in [2.45, 2.75) is 33.4 Å². The van der Waals surface area contributed by atoms with E-state index in [2.05, 4.69) is 49.8 Å². The van der Waals surface area contributed by atoms with E-state index in [4.69, 9.17) is 11.6 Å². The highest BCUT2D eigenvalue weighted by Crippen LogP contribution is 2.19. The molecule has 1 atom stereocenters. The van der Waals surface area contributed by atoms with Crippen LogP contribution in [-0.2, 0) is 13.6 Å². The van der Waals surface area contributed by atoms with Gasteiger partial charge in [0.25, 0.3) is 0 Å². The number of rotatable bonds is 4. The van der Waals surface area contributed by atoms with Gasteiger partial charge in [-0.25, -0.2) is 0 Å². The molecule has 0 saturated carbocycles. The van der Waals surface area contributed by atoms with Gasteiger partial charge in [0.05, 0.1) is 0 Å². The third-order valence-electron chi connectivity index (χ3n) is 3.83. The highest BCUT2D eigenvalue weighted by molar-refractivity contribution is 6.30. The first-order chi connectivity index (χ1) is 8.99. The Kier molecular flexibility index (Phi) is 4.33. The fourth-order valence-electron chi connectivity index (χ4n) is 2.27. The van der Waals surface area contributed by atoms with Crippen LogP contribution in [0.5, 0.6) is 0 Å². The number of nitrogens with one attached hydrogen (secondary N) is 1. The van der Waals surface area contributed by atoms with E-state index >= 15 is 0 Å². The Bertz CT molecular complexity index is 572. The van der Waals surface area contributed by atoms with E-state index in [0.29, 0.717) is 6.04 Å². The van der Waals surface area contributed by atoms with E-state index in [1.54, 1.807) is 0 Å². The van der Waals surface area contributed by atoms with Crippen molar-refractivity contribution in [3.63, 3.8) is 0 Å². The molecule has 0 saturated heterocycles. The summed E-state index contributed by atoms with van der Waals surface area (Å²) in [6.07, 6.45) is 0. The van der Waals surface area contributed by atoms with Crippen LogP contribution in [0.3, 0.4) is 0 Å². The number of hydrogen-bond acceptors (Lipinski definition) is 1. The Morgan fingerprint density at radius 1 is 1.26 bits per heavy atom. The lowest BCUT2D eigenvalue weighted by Crippen LogP contribution is -2.18. The van der Waals surface area contributed by atoms with Crippen molar-refractivity contribution in [2.75, 3.05) is 0 Å². The molecule has 0 amide bonds. The third kappa shape index (κ3) is 3.20. The summed E-state index contributed by atoms with van der Waals surface area (Å²) < 4.78 is 2.22. The quantitative estimate of drug-likeness (QED) is 0.888. The van der Waals surface area contributed by atoms with Crippen LogP contribution in [0.1, 0.15) is 35.5 Å². The lowest BCUT2D eigenvalue weighted by molar-refractivity contribution is 0.572. The monoisotopic (exact) mass is 276 g/mol. The molecule has 0 unspecified atom stereocenters. The molecule has 19 heavy (non-hydrogen) atoms. The van der Waals surface area contributed by atoms with E-state index in [1.165, 1.54) is 22.5 Å². The second-order valence-corrected chi connectivity index (χ2v) is 5.55. The first kappa shape index (κ1) is 14.2. The first-order valence-corrected chi connectivity index (χ1v) is 6.97. The van der Waals surface area contributed by atoms with Crippen molar-refractivity contribution in [1.29, 1.82) is 0 Å². The van der Waals surface area contributed by atoms with E-state index in [0.717, 1.165) is 11.6 Å². The summed E-state index contributed by atoms with van der Waals surface area (Å²) in [5.41, 5.74) is 5.19. The zero-order valence-electron chi connectivity index (χ0n) is 12.0. The number of halogens is 1. The van der Waals surface area contributed by atoms with Crippen LogP contribution in [0.15, 0.2) is 30.3 Å². The Balaban J connectivity index is 2.04. The molecule has 0 aliphatic heterocycles. The Morgan fingerprint density at radius 2 is 2.00 bits per heavy atom. The fourth-order valence-corrected chi connectivity index (χ4v) is 2.47. The Hall–Kier alpha value is -1.25. The molecular weight excluding hydrogens is 256 g/mol. The van der Waals surface area contributed by atoms with Gasteiger partial charge in [0.15, 0.2) is 0 Å². The zero-order valence-corrected chi connectivity index (χ0v) is 12.8. The van der Waals surface area contributed by atoms with Gasteiger partial charge in [-0.3, -0.25) is 0 Å². The molecule has 2 rings (SSSR count). The summed E-state index contributed by atoms with van der Waals surface area (Å²) in [6.45, 7) is 7.34. The van der Waals surface area contributed by atoms with E-state index in [9.17, 15) is 0 Å². The molecule has 1 aromatic heterocycles. The molecule has 0 bridgehead atoms. The lowest BCUT2D eigenvalue weighted by atomic mass is 10.1. The minimum atomic E-state index is 0.290. The summed E-state index contributed by atoms with van der Waals surface area (Å²) in [6, 6.07) is 10.6. The normalized spacial score (nSPS) is 12.7. The van der Waals surface area contributed by atoms with Crippen molar-refractivity contribution >= 4 is 11.6 Å². The minimum Gasteiger partial charge on any atom is -0.352 e. The Labute approximate surface area is 120 Å². The second-order valence-electron chi connectivity index (χ2n) is 5.11.